The van der Waals surface area contributed by atoms with Crippen LogP contribution in [0.25, 0.3) is 0 Å². The Labute approximate surface area is 103 Å². The predicted molar refractivity (Wildman–Crippen MR) is 64.6 cm³/mol. The second-order valence-corrected chi connectivity index (χ2v) is 5.33. The number of nitrogens with one attached hydrogen (secondary N) is 1. The summed E-state index contributed by atoms with van der Waals surface area (Å²) in [6.45, 7) is 1.64. The highest BCUT2D eigenvalue weighted by atomic mass is 32.2. The first-order valence-corrected chi connectivity index (χ1v) is 6.41. The van der Waals surface area contributed by atoms with Crippen LogP contribution >= 0.6 is 0 Å². The molecule has 0 saturated heterocycles. The zero-order valence-electron chi connectivity index (χ0n) is 9.41. The van der Waals surface area contributed by atoms with Crippen molar-refractivity contribution < 1.29 is 18.0 Å². The molecule has 0 unspecified atom stereocenters. The van der Waals surface area contributed by atoms with Gasteiger partial charge in [0.05, 0.1) is 10.6 Å². The van der Waals surface area contributed by atoms with E-state index in [-0.39, 0.29) is 22.2 Å². The van der Waals surface area contributed by atoms with E-state index in [9.17, 15) is 13.5 Å². The number of phenolic OH excluding ortho intramolecular Hbond substituents is 1. The molecule has 0 aliphatic carbocycles. The maximum atomic E-state index is 11.9. The standard InChI is InChI=1S/C10H11N3O4S/c1-6-4-10(12-17-6)13-18(15,16)7-2-3-8(11)9(14)5-7/h2-5,14H,11H2,1H3,(H,12,13). The van der Waals surface area contributed by atoms with Gasteiger partial charge in [0.1, 0.15) is 11.5 Å². The minimum atomic E-state index is -3.83. The van der Waals surface area contributed by atoms with E-state index < -0.39 is 10.0 Å². The van der Waals surface area contributed by atoms with Crippen molar-refractivity contribution in [2.24, 2.45) is 0 Å². The third kappa shape index (κ3) is 2.38. The summed E-state index contributed by atoms with van der Waals surface area (Å²) in [6.07, 6.45) is 0. The average molecular weight is 269 g/mol. The van der Waals surface area contributed by atoms with Crippen LogP contribution in [-0.4, -0.2) is 18.7 Å². The maximum Gasteiger partial charge on any atom is 0.263 e. The van der Waals surface area contributed by atoms with Crippen LogP contribution in [0.2, 0.25) is 0 Å². The Kier molecular flexibility index (Phi) is 2.87. The lowest BCUT2D eigenvalue weighted by atomic mass is 10.3. The quantitative estimate of drug-likeness (QED) is 0.566. The summed E-state index contributed by atoms with van der Waals surface area (Å²) in [7, 11) is -3.83. The molecular weight excluding hydrogens is 258 g/mol. The number of phenols is 1. The van der Waals surface area contributed by atoms with E-state index in [4.69, 9.17) is 10.3 Å². The zero-order chi connectivity index (χ0) is 13.3. The smallest absolute Gasteiger partial charge is 0.263 e. The summed E-state index contributed by atoms with van der Waals surface area (Å²) in [4.78, 5) is -0.116. The van der Waals surface area contributed by atoms with Crippen molar-refractivity contribution in [1.82, 2.24) is 5.16 Å². The van der Waals surface area contributed by atoms with E-state index in [2.05, 4.69) is 9.88 Å². The molecular formula is C10H11N3O4S. The molecule has 0 aliphatic heterocycles. The number of nitrogens with zero attached hydrogens (tertiary/aromatic N) is 1. The number of aromatic hydroxyl groups is 1. The molecule has 0 fully saturated rings. The SMILES string of the molecule is Cc1cc(NS(=O)(=O)c2ccc(N)c(O)c2)no1. The molecule has 1 aromatic heterocycles. The van der Waals surface area contributed by atoms with Gasteiger partial charge in [-0.25, -0.2) is 8.42 Å². The predicted octanol–water partition coefficient (Wildman–Crippen LogP) is 1.07. The molecule has 18 heavy (non-hydrogen) atoms. The molecule has 0 spiro atoms. The molecule has 0 radical (unpaired) electrons. The van der Waals surface area contributed by atoms with E-state index >= 15 is 0 Å². The molecule has 1 aromatic carbocycles. The Hall–Kier alpha value is -2.22. The lowest BCUT2D eigenvalue weighted by Crippen LogP contribution is -2.13. The number of nitrogens with two attached hydrogens (primary N) is 1. The van der Waals surface area contributed by atoms with Crippen molar-refractivity contribution in [1.29, 1.82) is 0 Å². The fraction of sp³-hybridized carbons (Fsp3) is 0.100. The second-order valence-electron chi connectivity index (χ2n) is 3.65. The number of hydrogen-bond acceptors (Lipinski definition) is 6. The fourth-order valence-electron chi connectivity index (χ4n) is 1.30. The number of nitrogen functional groups attached to an aromatic ring is 1. The lowest BCUT2D eigenvalue weighted by Gasteiger charge is -2.06. The first kappa shape index (κ1) is 12.2. The van der Waals surface area contributed by atoms with Gasteiger partial charge in [0, 0.05) is 12.1 Å². The van der Waals surface area contributed by atoms with Crippen molar-refractivity contribution in [2.45, 2.75) is 11.8 Å². The van der Waals surface area contributed by atoms with Gasteiger partial charge in [-0.2, -0.15) is 0 Å². The molecule has 0 saturated carbocycles. The molecule has 1 heterocycles. The fourth-order valence-corrected chi connectivity index (χ4v) is 2.31. The van der Waals surface area contributed by atoms with Crippen LogP contribution in [0.1, 0.15) is 5.76 Å². The number of hydrogen-bond donors (Lipinski definition) is 3. The van der Waals surface area contributed by atoms with E-state index in [0.29, 0.717) is 5.76 Å². The van der Waals surface area contributed by atoms with Gasteiger partial charge in [-0.15, -0.1) is 0 Å². The first-order chi connectivity index (χ1) is 8.38. The lowest BCUT2D eigenvalue weighted by molar-refractivity contribution is 0.400. The van der Waals surface area contributed by atoms with Crippen LogP contribution in [-0.2, 0) is 10.0 Å². The minimum absolute atomic E-state index is 0.0730. The topological polar surface area (TPSA) is 118 Å². The van der Waals surface area contributed by atoms with Crippen molar-refractivity contribution in [2.75, 3.05) is 10.5 Å². The van der Waals surface area contributed by atoms with Gasteiger partial charge in [0.2, 0.25) is 0 Å². The molecule has 0 amide bonds. The highest BCUT2D eigenvalue weighted by Gasteiger charge is 2.17. The Morgan fingerprint density at radius 2 is 2.11 bits per heavy atom. The monoisotopic (exact) mass is 269 g/mol. The van der Waals surface area contributed by atoms with Gasteiger partial charge in [0.15, 0.2) is 5.82 Å². The summed E-state index contributed by atoms with van der Waals surface area (Å²) in [5.41, 5.74) is 5.50. The van der Waals surface area contributed by atoms with Crippen LogP contribution in [0.15, 0.2) is 33.7 Å². The number of anilines is 2. The molecule has 2 rings (SSSR count). The number of rotatable bonds is 3. The van der Waals surface area contributed by atoms with Crippen molar-refractivity contribution in [3.8, 4) is 5.75 Å². The van der Waals surface area contributed by atoms with Crippen molar-refractivity contribution in [3.63, 3.8) is 0 Å². The van der Waals surface area contributed by atoms with Gasteiger partial charge in [-0.05, 0) is 19.1 Å². The summed E-state index contributed by atoms with van der Waals surface area (Å²) >= 11 is 0. The Bertz CT molecular complexity index is 678. The zero-order valence-corrected chi connectivity index (χ0v) is 10.2. The molecule has 2 aromatic rings. The van der Waals surface area contributed by atoms with E-state index in [0.717, 1.165) is 6.07 Å². The Morgan fingerprint density at radius 1 is 1.39 bits per heavy atom. The van der Waals surface area contributed by atoms with Gasteiger partial charge in [-0.1, -0.05) is 5.16 Å². The van der Waals surface area contributed by atoms with Crippen LogP contribution in [0.4, 0.5) is 11.5 Å². The number of aromatic nitrogens is 1. The molecule has 0 aliphatic rings. The van der Waals surface area contributed by atoms with Crippen molar-refractivity contribution >= 4 is 21.5 Å². The third-order valence-corrected chi connectivity index (χ3v) is 3.53. The van der Waals surface area contributed by atoms with E-state index in [1.807, 2.05) is 0 Å². The maximum absolute atomic E-state index is 11.9. The molecule has 4 N–H and O–H groups in total. The molecule has 0 bridgehead atoms. The Balaban J connectivity index is 2.33. The van der Waals surface area contributed by atoms with Gasteiger partial charge in [-0.3, -0.25) is 4.72 Å². The molecule has 96 valence electrons. The largest absolute Gasteiger partial charge is 0.506 e. The van der Waals surface area contributed by atoms with Crippen LogP contribution < -0.4 is 10.5 Å². The molecule has 0 atom stereocenters. The normalized spacial score (nSPS) is 11.4. The Morgan fingerprint density at radius 3 is 2.67 bits per heavy atom. The number of sulfonamides is 1. The van der Waals surface area contributed by atoms with Crippen LogP contribution in [0, 0.1) is 6.92 Å². The van der Waals surface area contributed by atoms with Crippen molar-refractivity contribution in [3.05, 3.63) is 30.0 Å². The van der Waals surface area contributed by atoms with Gasteiger partial charge >= 0.3 is 0 Å². The number of benzene rings is 1. The first-order valence-electron chi connectivity index (χ1n) is 4.93. The summed E-state index contributed by atoms with van der Waals surface area (Å²) in [5, 5.41) is 12.9. The summed E-state index contributed by atoms with van der Waals surface area (Å²) in [5.74, 6) is 0.255. The van der Waals surface area contributed by atoms with E-state index in [1.165, 1.54) is 18.2 Å². The van der Waals surface area contributed by atoms with Gasteiger partial charge < -0.3 is 15.4 Å². The van der Waals surface area contributed by atoms with Crippen LogP contribution in [0.3, 0.4) is 0 Å². The number of aryl methyl sites for hydroxylation is 1. The van der Waals surface area contributed by atoms with Crippen LogP contribution in [0.5, 0.6) is 5.75 Å². The van der Waals surface area contributed by atoms with Gasteiger partial charge in [0.25, 0.3) is 10.0 Å². The minimum Gasteiger partial charge on any atom is -0.506 e. The molecule has 8 heteroatoms. The second kappa shape index (κ2) is 4.22. The summed E-state index contributed by atoms with van der Waals surface area (Å²) < 4.78 is 30.8. The van der Waals surface area contributed by atoms with E-state index in [1.54, 1.807) is 6.92 Å². The third-order valence-electron chi connectivity index (χ3n) is 2.18. The highest BCUT2D eigenvalue weighted by molar-refractivity contribution is 7.92. The average Bonchev–Trinajstić information content (AvgIpc) is 2.67. The summed E-state index contributed by atoms with van der Waals surface area (Å²) in [6, 6.07) is 5.08. The molecule has 7 nitrogen and oxygen atoms in total. The highest BCUT2D eigenvalue weighted by Crippen LogP contribution is 2.24.